The van der Waals surface area contributed by atoms with E-state index in [9.17, 15) is 9.59 Å². The SMILES string of the molecule is CCCCOc1ccc([C@@H]2[C@H]3C(=O)N(c4ccccc4)C(=O)[C@@H]3ON2c2ccccc2)cc1OC. The summed E-state index contributed by atoms with van der Waals surface area (Å²) >= 11 is 0. The van der Waals surface area contributed by atoms with Crippen LogP contribution in [0.2, 0.25) is 0 Å². The zero-order valence-electron chi connectivity index (χ0n) is 19.8. The number of para-hydroxylation sites is 2. The van der Waals surface area contributed by atoms with Crippen LogP contribution in [0.15, 0.2) is 78.9 Å². The highest BCUT2D eigenvalue weighted by atomic mass is 16.7. The summed E-state index contributed by atoms with van der Waals surface area (Å²) in [4.78, 5) is 34.5. The van der Waals surface area contributed by atoms with E-state index in [-0.39, 0.29) is 11.8 Å². The molecule has 0 bridgehead atoms. The number of anilines is 2. The van der Waals surface area contributed by atoms with Crippen molar-refractivity contribution in [3.63, 3.8) is 0 Å². The van der Waals surface area contributed by atoms with Crippen LogP contribution < -0.4 is 19.4 Å². The van der Waals surface area contributed by atoms with E-state index in [0.717, 1.165) is 24.1 Å². The molecule has 3 aromatic rings. The van der Waals surface area contributed by atoms with Crippen molar-refractivity contribution >= 4 is 23.2 Å². The van der Waals surface area contributed by atoms with E-state index in [4.69, 9.17) is 14.3 Å². The number of nitrogens with zero attached hydrogens (tertiary/aromatic N) is 2. The lowest BCUT2D eigenvalue weighted by Crippen LogP contribution is -2.37. The molecule has 180 valence electrons. The zero-order chi connectivity index (χ0) is 24.4. The number of carbonyl (C=O) groups excluding carboxylic acids is 2. The number of amides is 2. The number of fused-ring (bicyclic) bond motifs is 1. The number of ether oxygens (including phenoxy) is 2. The van der Waals surface area contributed by atoms with Crippen LogP contribution in [0.25, 0.3) is 0 Å². The van der Waals surface area contributed by atoms with Crippen LogP contribution in [-0.2, 0) is 14.4 Å². The predicted molar refractivity (Wildman–Crippen MR) is 132 cm³/mol. The van der Waals surface area contributed by atoms with Crippen molar-refractivity contribution in [3.8, 4) is 11.5 Å². The smallest absolute Gasteiger partial charge is 0.266 e. The number of methoxy groups -OCH3 is 1. The van der Waals surface area contributed by atoms with Gasteiger partial charge in [-0.2, -0.15) is 0 Å². The molecule has 7 heteroatoms. The Labute approximate surface area is 204 Å². The third kappa shape index (κ3) is 4.12. The topological polar surface area (TPSA) is 68.3 Å². The molecule has 0 saturated carbocycles. The highest BCUT2D eigenvalue weighted by Crippen LogP contribution is 2.48. The number of unbranched alkanes of at least 4 members (excludes halogenated alkanes) is 1. The first-order valence-electron chi connectivity index (χ1n) is 11.9. The van der Waals surface area contributed by atoms with Crippen molar-refractivity contribution in [2.24, 2.45) is 5.92 Å². The van der Waals surface area contributed by atoms with Crippen molar-refractivity contribution in [2.45, 2.75) is 31.9 Å². The van der Waals surface area contributed by atoms with Crippen LogP contribution in [0, 0.1) is 5.92 Å². The summed E-state index contributed by atoms with van der Waals surface area (Å²) in [5.41, 5.74) is 2.11. The average Bonchev–Trinajstić information content (AvgIpc) is 3.41. The van der Waals surface area contributed by atoms with Crippen LogP contribution in [0.1, 0.15) is 31.4 Å². The number of hydrogen-bond donors (Lipinski definition) is 0. The number of rotatable bonds is 8. The molecule has 7 nitrogen and oxygen atoms in total. The highest BCUT2D eigenvalue weighted by Gasteiger charge is 2.60. The fourth-order valence-corrected chi connectivity index (χ4v) is 4.70. The summed E-state index contributed by atoms with van der Waals surface area (Å²) in [6.45, 7) is 2.70. The summed E-state index contributed by atoms with van der Waals surface area (Å²) in [5.74, 6) is -0.129. The largest absolute Gasteiger partial charge is 0.493 e. The summed E-state index contributed by atoms with van der Waals surface area (Å²) in [5, 5.41) is 1.68. The van der Waals surface area contributed by atoms with Crippen LogP contribution >= 0.6 is 0 Å². The molecule has 0 unspecified atom stereocenters. The van der Waals surface area contributed by atoms with Gasteiger partial charge >= 0.3 is 0 Å². The number of hydroxylamine groups is 1. The van der Waals surface area contributed by atoms with E-state index in [1.165, 1.54) is 4.90 Å². The maximum Gasteiger partial charge on any atom is 0.266 e. The summed E-state index contributed by atoms with van der Waals surface area (Å²) in [6, 6.07) is 23.6. The van der Waals surface area contributed by atoms with Gasteiger partial charge in [0.25, 0.3) is 5.91 Å². The molecule has 2 fully saturated rings. The van der Waals surface area contributed by atoms with Crippen molar-refractivity contribution in [2.75, 3.05) is 23.7 Å². The second-order valence-corrected chi connectivity index (χ2v) is 8.62. The summed E-state index contributed by atoms with van der Waals surface area (Å²) < 4.78 is 11.5. The van der Waals surface area contributed by atoms with Crippen molar-refractivity contribution < 1.29 is 23.9 Å². The Bertz CT molecular complexity index is 1200. The van der Waals surface area contributed by atoms with Crippen molar-refractivity contribution in [1.82, 2.24) is 0 Å². The van der Waals surface area contributed by atoms with Crippen LogP contribution in [0.5, 0.6) is 11.5 Å². The van der Waals surface area contributed by atoms with Gasteiger partial charge in [0.1, 0.15) is 5.92 Å². The Hall–Kier alpha value is -3.84. The third-order valence-electron chi connectivity index (χ3n) is 6.43. The molecule has 0 spiro atoms. The van der Waals surface area contributed by atoms with Crippen molar-refractivity contribution in [1.29, 1.82) is 0 Å². The Morgan fingerprint density at radius 3 is 2.20 bits per heavy atom. The molecule has 2 aliphatic heterocycles. The third-order valence-corrected chi connectivity index (χ3v) is 6.43. The number of hydrogen-bond acceptors (Lipinski definition) is 6. The molecule has 3 aromatic carbocycles. The lowest BCUT2D eigenvalue weighted by molar-refractivity contribution is -0.126. The van der Waals surface area contributed by atoms with E-state index < -0.39 is 18.1 Å². The number of carbonyl (C=O) groups is 2. The van der Waals surface area contributed by atoms with Gasteiger partial charge in [0.2, 0.25) is 5.91 Å². The van der Waals surface area contributed by atoms with Gasteiger partial charge in [-0.05, 0) is 48.4 Å². The molecule has 0 N–H and O–H groups in total. The van der Waals surface area contributed by atoms with Crippen LogP contribution in [-0.4, -0.2) is 31.6 Å². The Balaban J connectivity index is 1.54. The number of imide groups is 1. The molecule has 35 heavy (non-hydrogen) atoms. The minimum Gasteiger partial charge on any atom is -0.493 e. The Kier molecular flexibility index (Phi) is 6.42. The van der Waals surface area contributed by atoms with Gasteiger partial charge < -0.3 is 9.47 Å². The molecule has 5 rings (SSSR count). The molecule has 2 amide bonds. The first-order chi connectivity index (χ1) is 17.1. The minimum absolute atomic E-state index is 0.281. The van der Waals surface area contributed by atoms with Gasteiger partial charge in [0, 0.05) is 0 Å². The van der Waals surface area contributed by atoms with Gasteiger partial charge in [-0.1, -0.05) is 55.8 Å². The molecule has 0 aromatic heterocycles. The second-order valence-electron chi connectivity index (χ2n) is 8.62. The van der Waals surface area contributed by atoms with E-state index in [2.05, 4.69) is 6.92 Å². The first kappa shape index (κ1) is 22.9. The van der Waals surface area contributed by atoms with Gasteiger partial charge in [-0.15, -0.1) is 0 Å². The molecule has 2 saturated heterocycles. The molecule has 0 aliphatic carbocycles. The predicted octanol–water partition coefficient (Wildman–Crippen LogP) is 4.93. The zero-order valence-corrected chi connectivity index (χ0v) is 19.8. The normalized spacial score (nSPS) is 21.4. The maximum atomic E-state index is 13.7. The molecule has 2 heterocycles. The molecular formula is C28H28N2O5. The Morgan fingerprint density at radius 2 is 1.54 bits per heavy atom. The quantitative estimate of drug-likeness (QED) is 0.342. The van der Waals surface area contributed by atoms with E-state index >= 15 is 0 Å². The van der Waals surface area contributed by atoms with Gasteiger partial charge in [0.05, 0.1) is 31.1 Å². The summed E-state index contributed by atoms with van der Waals surface area (Å²) in [7, 11) is 1.59. The monoisotopic (exact) mass is 472 g/mol. The summed E-state index contributed by atoms with van der Waals surface area (Å²) in [6.07, 6.45) is 1.06. The van der Waals surface area contributed by atoms with Gasteiger partial charge in [0.15, 0.2) is 17.6 Å². The Morgan fingerprint density at radius 1 is 0.857 bits per heavy atom. The van der Waals surface area contributed by atoms with E-state index in [0.29, 0.717) is 23.8 Å². The lowest BCUT2D eigenvalue weighted by Gasteiger charge is -2.29. The second kappa shape index (κ2) is 9.80. The van der Waals surface area contributed by atoms with Crippen molar-refractivity contribution in [3.05, 3.63) is 84.4 Å². The first-order valence-corrected chi connectivity index (χ1v) is 11.9. The maximum absolute atomic E-state index is 13.7. The number of benzene rings is 3. The van der Waals surface area contributed by atoms with Crippen LogP contribution in [0.4, 0.5) is 11.4 Å². The molecule has 2 aliphatic rings. The van der Waals surface area contributed by atoms with E-state index in [1.807, 2.05) is 54.6 Å². The van der Waals surface area contributed by atoms with Gasteiger partial charge in [-0.25, -0.2) is 9.96 Å². The van der Waals surface area contributed by atoms with Crippen LogP contribution in [0.3, 0.4) is 0 Å². The minimum atomic E-state index is -0.917. The lowest BCUT2D eigenvalue weighted by atomic mass is 9.90. The standard InChI is InChI=1S/C28H28N2O5/c1-3-4-17-34-22-16-15-19(18-23(22)33-2)25-24-26(35-30(25)21-13-9-6-10-14-21)28(32)29(27(24)31)20-11-7-5-8-12-20/h5-16,18,24-26H,3-4,17H2,1-2H3/t24-,25-,26-/m1/s1. The molecular weight excluding hydrogens is 444 g/mol. The highest BCUT2D eigenvalue weighted by molar-refractivity contribution is 6.23. The van der Waals surface area contributed by atoms with Gasteiger partial charge in [-0.3, -0.25) is 14.4 Å². The fraction of sp³-hybridized carbons (Fsp3) is 0.286. The fourth-order valence-electron chi connectivity index (χ4n) is 4.70. The molecule has 0 radical (unpaired) electrons. The molecule has 3 atom stereocenters. The average molecular weight is 473 g/mol. The van der Waals surface area contributed by atoms with E-state index in [1.54, 1.807) is 36.4 Å².